The third-order valence-corrected chi connectivity index (χ3v) is 4.75. The quantitative estimate of drug-likeness (QED) is 0.902. The van der Waals surface area contributed by atoms with E-state index in [0.29, 0.717) is 0 Å². The molecule has 2 fully saturated rings. The van der Waals surface area contributed by atoms with Crippen LogP contribution >= 0.6 is 11.8 Å². The van der Waals surface area contributed by atoms with Gasteiger partial charge in [-0.25, -0.2) is 0 Å². The number of aliphatic hydroxyl groups is 1. The van der Waals surface area contributed by atoms with Gasteiger partial charge in [0.25, 0.3) is 0 Å². The zero-order chi connectivity index (χ0) is 16.3. The first-order valence-corrected chi connectivity index (χ1v) is 8.75. The highest BCUT2D eigenvalue weighted by Crippen LogP contribution is 2.42. The van der Waals surface area contributed by atoms with Crippen molar-refractivity contribution in [2.24, 2.45) is 0 Å². The lowest BCUT2D eigenvalue weighted by Gasteiger charge is -2.38. The Balaban J connectivity index is 0.000000847. The molecule has 1 aromatic carbocycles. The third kappa shape index (κ3) is 3.84. The van der Waals surface area contributed by atoms with Crippen molar-refractivity contribution in [3.63, 3.8) is 0 Å². The summed E-state index contributed by atoms with van der Waals surface area (Å²) in [5.74, 6) is -0.681. The van der Waals surface area contributed by atoms with Gasteiger partial charge in [-0.05, 0) is 32.9 Å². The lowest BCUT2D eigenvalue weighted by Crippen LogP contribution is -2.54. The molecular weight excluding hydrogens is 300 g/mol. The molecule has 2 aliphatic heterocycles. The van der Waals surface area contributed by atoms with Gasteiger partial charge in [0, 0.05) is 4.90 Å². The molecule has 0 aliphatic carbocycles. The summed E-state index contributed by atoms with van der Waals surface area (Å²) in [6.07, 6.45) is -1.53. The minimum Gasteiger partial charge on any atom is -0.388 e. The number of hydrogen-bond donors (Lipinski definition) is 1. The molecule has 1 aromatic rings. The van der Waals surface area contributed by atoms with Crippen LogP contribution < -0.4 is 0 Å². The maximum atomic E-state index is 10.2. The summed E-state index contributed by atoms with van der Waals surface area (Å²) < 4.78 is 17.7. The maximum absolute atomic E-state index is 10.2. The highest BCUT2D eigenvalue weighted by Gasteiger charge is 2.54. The van der Waals surface area contributed by atoms with Crippen LogP contribution in [0.4, 0.5) is 0 Å². The first-order valence-electron chi connectivity index (χ1n) is 7.87. The summed E-state index contributed by atoms with van der Waals surface area (Å²) in [4.78, 5) is 1.12. The van der Waals surface area contributed by atoms with E-state index in [4.69, 9.17) is 14.2 Å². The first-order chi connectivity index (χ1) is 10.5. The maximum Gasteiger partial charge on any atom is 0.164 e. The number of benzene rings is 1. The molecule has 22 heavy (non-hydrogen) atoms. The fourth-order valence-electron chi connectivity index (χ4n) is 2.66. The zero-order valence-electron chi connectivity index (χ0n) is 13.9. The van der Waals surface area contributed by atoms with Gasteiger partial charge in [-0.15, -0.1) is 0 Å². The second kappa shape index (κ2) is 7.32. The SMILES string of the molecule is CC.C[C@@H]1O[C@@H](Sc2ccccc2)[C@@H]2OC(C)(C)O[C@@H]2[C@H]1O. The molecule has 0 amide bonds. The number of ether oxygens (including phenoxy) is 3. The molecule has 0 unspecified atom stereocenters. The molecular formula is C17H26O4S. The largest absolute Gasteiger partial charge is 0.388 e. The van der Waals surface area contributed by atoms with Gasteiger partial charge in [-0.3, -0.25) is 0 Å². The third-order valence-electron chi connectivity index (χ3n) is 3.59. The number of aliphatic hydroxyl groups excluding tert-OH is 1. The minimum atomic E-state index is -0.681. The van der Waals surface area contributed by atoms with E-state index in [9.17, 15) is 5.11 Å². The molecule has 1 N–H and O–H groups in total. The van der Waals surface area contributed by atoms with E-state index in [-0.39, 0.29) is 23.7 Å². The van der Waals surface area contributed by atoms with E-state index in [1.807, 2.05) is 65.0 Å². The van der Waals surface area contributed by atoms with Gasteiger partial charge < -0.3 is 19.3 Å². The summed E-state index contributed by atoms with van der Waals surface area (Å²) in [6.45, 7) is 9.61. The van der Waals surface area contributed by atoms with Crippen LogP contribution in [0.3, 0.4) is 0 Å². The Morgan fingerprint density at radius 1 is 1.05 bits per heavy atom. The normalized spacial score (nSPS) is 36.2. The topological polar surface area (TPSA) is 47.9 Å². The summed E-state index contributed by atoms with van der Waals surface area (Å²) in [5, 5.41) is 10.2. The van der Waals surface area contributed by atoms with Crippen molar-refractivity contribution in [2.45, 2.75) is 75.2 Å². The molecule has 0 spiro atoms. The Hall–Kier alpha value is -0.590. The van der Waals surface area contributed by atoms with E-state index in [2.05, 4.69) is 0 Å². The summed E-state index contributed by atoms with van der Waals surface area (Å²) in [5.41, 5.74) is -0.178. The van der Waals surface area contributed by atoms with Crippen LogP contribution in [-0.4, -0.2) is 40.7 Å². The second-order valence-corrected chi connectivity index (χ2v) is 6.87. The van der Waals surface area contributed by atoms with Gasteiger partial charge in [-0.1, -0.05) is 43.8 Å². The van der Waals surface area contributed by atoms with Crippen LogP contribution in [0.2, 0.25) is 0 Å². The van der Waals surface area contributed by atoms with Gasteiger partial charge in [0.15, 0.2) is 5.79 Å². The van der Waals surface area contributed by atoms with Crippen LogP contribution in [-0.2, 0) is 14.2 Å². The predicted octanol–water partition coefficient (Wildman–Crippen LogP) is 3.43. The van der Waals surface area contributed by atoms with Crippen LogP contribution in [0, 0.1) is 0 Å². The van der Waals surface area contributed by atoms with Gasteiger partial charge in [0.05, 0.1) is 6.10 Å². The Morgan fingerprint density at radius 2 is 1.64 bits per heavy atom. The van der Waals surface area contributed by atoms with Crippen LogP contribution in [0.5, 0.6) is 0 Å². The van der Waals surface area contributed by atoms with Crippen LogP contribution in [0.15, 0.2) is 35.2 Å². The Kier molecular flexibility index (Phi) is 5.91. The number of thioether (sulfide) groups is 1. The molecule has 124 valence electrons. The Bertz CT molecular complexity index is 465. The van der Waals surface area contributed by atoms with E-state index < -0.39 is 11.9 Å². The molecule has 3 rings (SSSR count). The van der Waals surface area contributed by atoms with E-state index >= 15 is 0 Å². The lowest BCUT2D eigenvalue weighted by atomic mass is 10.0. The van der Waals surface area contributed by atoms with Crippen molar-refractivity contribution in [1.82, 2.24) is 0 Å². The minimum absolute atomic E-state index is 0.178. The summed E-state index contributed by atoms with van der Waals surface area (Å²) in [7, 11) is 0. The summed E-state index contributed by atoms with van der Waals surface area (Å²) in [6, 6.07) is 10.1. The van der Waals surface area contributed by atoms with Crippen LogP contribution in [0.1, 0.15) is 34.6 Å². The molecule has 5 heteroatoms. The van der Waals surface area contributed by atoms with E-state index in [1.165, 1.54) is 0 Å². The van der Waals surface area contributed by atoms with Gasteiger partial charge in [-0.2, -0.15) is 0 Å². The molecule has 0 aromatic heterocycles. The van der Waals surface area contributed by atoms with Gasteiger partial charge in [0.1, 0.15) is 23.7 Å². The number of rotatable bonds is 2. The number of fused-ring (bicyclic) bond motifs is 1. The average molecular weight is 326 g/mol. The molecule has 0 bridgehead atoms. The smallest absolute Gasteiger partial charge is 0.164 e. The first kappa shape index (κ1) is 17.8. The zero-order valence-corrected chi connectivity index (χ0v) is 14.7. The van der Waals surface area contributed by atoms with Crippen LogP contribution in [0.25, 0.3) is 0 Å². The number of hydrogen-bond acceptors (Lipinski definition) is 5. The second-order valence-electron chi connectivity index (χ2n) is 5.70. The van der Waals surface area contributed by atoms with Crippen molar-refractivity contribution in [3.05, 3.63) is 30.3 Å². The highest BCUT2D eigenvalue weighted by atomic mass is 32.2. The molecule has 0 radical (unpaired) electrons. The van der Waals surface area contributed by atoms with Crippen molar-refractivity contribution in [2.75, 3.05) is 0 Å². The van der Waals surface area contributed by atoms with Crippen molar-refractivity contribution in [3.8, 4) is 0 Å². The predicted molar refractivity (Wildman–Crippen MR) is 87.8 cm³/mol. The average Bonchev–Trinajstić information content (AvgIpc) is 2.84. The van der Waals surface area contributed by atoms with Gasteiger partial charge in [0.2, 0.25) is 0 Å². The highest BCUT2D eigenvalue weighted by molar-refractivity contribution is 7.99. The van der Waals surface area contributed by atoms with E-state index in [0.717, 1.165) is 4.90 Å². The Labute approximate surface area is 137 Å². The fraction of sp³-hybridized carbons (Fsp3) is 0.647. The molecule has 5 atom stereocenters. The molecule has 4 nitrogen and oxygen atoms in total. The standard InChI is InChI=1S/C15H20O4S.C2H6/c1-9-11(16)12-13(19-15(2,3)18-12)14(17-9)20-10-7-5-4-6-8-10;1-2/h4-9,11-14,16H,1-3H3;1-2H3/t9-,11-,12+,13+,14-;/m0./s1. The molecule has 2 heterocycles. The molecule has 2 saturated heterocycles. The van der Waals surface area contributed by atoms with E-state index in [1.54, 1.807) is 11.8 Å². The van der Waals surface area contributed by atoms with Crippen molar-refractivity contribution in [1.29, 1.82) is 0 Å². The lowest BCUT2D eigenvalue weighted by molar-refractivity contribution is -0.159. The monoisotopic (exact) mass is 326 g/mol. The fourth-order valence-corrected chi connectivity index (χ4v) is 3.81. The summed E-state index contributed by atoms with van der Waals surface area (Å²) >= 11 is 1.61. The molecule has 0 saturated carbocycles. The van der Waals surface area contributed by atoms with Crippen molar-refractivity contribution >= 4 is 11.8 Å². The van der Waals surface area contributed by atoms with Crippen molar-refractivity contribution < 1.29 is 19.3 Å². The Morgan fingerprint density at radius 3 is 2.27 bits per heavy atom. The molecule has 2 aliphatic rings. The van der Waals surface area contributed by atoms with Gasteiger partial charge >= 0.3 is 0 Å².